The molecule has 0 fully saturated rings. The molecule has 56 valence electrons. The Morgan fingerprint density at radius 1 is 1.45 bits per heavy atom. The van der Waals surface area contributed by atoms with Gasteiger partial charge in [0.2, 0.25) is 0 Å². The van der Waals surface area contributed by atoms with Gasteiger partial charge in [-0.1, -0.05) is 19.1 Å². The molecule has 0 aliphatic rings. The highest BCUT2D eigenvalue weighted by Gasteiger charge is 2.02. The van der Waals surface area contributed by atoms with E-state index >= 15 is 0 Å². The Balaban J connectivity index is 2.79. The van der Waals surface area contributed by atoms with Gasteiger partial charge in [0.25, 0.3) is 0 Å². The zero-order valence-corrected chi connectivity index (χ0v) is 6.24. The molecule has 0 N–H and O–H groups in total. The molecule has 3 nitrogen and oxygen atoms in total. The lowest BCUT2D eigenvalue weighted by Gasteiger charge is -1.92. The van der Waals surface area contributed by atoms with Crippen LogP contribution in [-0.4, -0.2) is 10.4 Å². The minimum Gasteiger partial charge on any atom is -0.337 e. The van der Waals surface area contributed by atoms with Crippen LogP contribution >= 0.6 is 0 Å². The third kappa shape index (κ3) is 0.888. The smallest absolute Gasteiger partial charge is 0.190 e. The standard InChI is InChI=1S/C8H8N2O/c1-2-6-4-3-5-7-8(6)11-10-9-7/h3-5H,2H2,1H3. The van der Waals surface area contributed by atoms with Gasteiger partial charge >= 0.3 is 0 Å². The summed E-state index contributed by atoms with van der Waals surface area (Å²) in [6.45, 7) is 2.08. The maximum absolute atomic E-state index is 4.98. The number of aryl methyl sites for hydroxylation is 1. The fourth-order valence-corrected chi connectivity index (χ4v) is 1.14. The van der Waals surface area contributed by atoms with E-state index in [1.807, 2.05) is 18.2 Å². The van der Waals surface area contributed by atoms with Crippen LogP contribution < -0.4 is 0 Å². The lowest BCUT2D eigenvalue weighted by molar-refractivity contribution is 0.422. The van der Waals surface area contributed by atoms with E-state index in [0.29, 0.717) is 0 Å². The van der Waals surface area contributed by atoms with Crippen molar-refractivity contribution in [1.82, 2.24) is 10.4 Å². The quantitative estimate of drug-likeness (QED) is 0.618. The molecule has 0 saturated carbocycles. The molecular weight excluding hydrogens is 140 g/mol. The second kappa shape index (κ2) is 2.34. The average molecular weight is 148 g/mol. The Hall–Kier alpha value is -1.38. The number of fused-ring (bicyclic) bond motifs is 1. The normalized spacial score (nSPS) is 10.6. The minimum atomic E-state index is 0.815. The van der Waals surface area contributed by atoms with Gasteiger partial charge in [-0.2, -0.15) is 0 Å². The number of para-hydroxylation sites is 1. The zero-order chi connectivity index (χ0) is 7.68. The van der Waals surface area contributed by atoms with Crippen molar-refractivity contribution >= 4 is 11.1 Å². The molecule has 0 radical (unpaired) electrons. The number of hydrogen-bond acceptors (Lipinski definition) is 3. The van der Waals surface area contributed by atoms with Gasteiger partial charge in [-0.15, -0.1) is 5.10 Å². The molecule has 1 aromatic carbocycles. The Morgan fingerprint density at radius 3 is 3.18 bits per heavy atom. The lowest BCUT2D eigenvalue weighted by atomic mass is 10.1. The molecule has 11 heavy (non-hydrogen) atoms. The summed E-state index contributed by atoms with van der Waals surface area (Å²) in [5, 5.41) is 7.30. The number of nitrogens with zero attached hydrogens (tertiary/aromatic N) is 2. The predicted molar refractivity (Wildman–Crippen MR) is 41.2 cm³/mol. The summed E-state index contributed by atoms with van der Waals surface area (Å²) in [7, 11) is 0. The third-order valence-corrected chi connectivity index (χ3v) is 1.74. The van der Waals surface area contributed by atoms with Crippen molar-refractivity contribution in [3.8, 4) is 0 Å². The molecule has 1 aromatic heterocycles. The van der Waals surface area contributed by atoms with E-state index in [1.54, 1.807) is 0 Å². The van der Waals surface area contributed by atoms with Crippen molar-refractivity contribution in [3.63, 3.8) is 0 Å². The molecule has 0 bridgehead atoms. The Morgan fingerprint density at radius 2 is 2.36 bits per heavy atom. The molecule has 0 amide bonds. The van der Waals surface area contributed by atoms with Gasteiger partial charge in [0, 0.05) is 5.27 Å². The second-order valence-corrected chi connectivity index (χ2v) is 2.39. The highest BCUT2D eigenvalue weighted by atomic mass is 16.5. The summed E-state index contributed by atoms with van der Waals surface area (Å²) in [5.41, 5.74) is 2.81. The number of benzene rings is 1. The van der Waals surface area contributed by atoms with Crippen LogP contribution in [0.15, 0.2) is 22.7 Å². The van der Waals surface area contributed by atoms with E-state index < -0.39 is 0 Å². The summed E-state index contributed by atoms with van der Waals surface area (Å²) in [6.07, 6.45) is 0.953. The van der Waals surface area contributed by atoms with E-state index in [1.165, 1.54) is 0 Å². The molecule has 0 unspecified atom stereocenters. The number of aromatic nitrogens is 2. The average Bonchev–Trinajstić information content (AvgIpc) is 2.50. The first-order chi connectivity index (χ1) is 5.42. The van der Waals surface area contributed by atoms with Crippen molar-refractivity contribution in [3.05, 3.63) is 23.8 Å². The minimum absolute atomic E-state index is 0.815. The maximum Gasteiger partial charge on any atom is 0.190 e. The summed E-state index contributed by atoms with van der Waals surface area (Å²) in [5.74, 6) is 0. The van der Waals surface area contributed by atoms with Gasteiger partial charge < -0.3 is 4.52 Å². The summed E-state index contributed by atoms with van der Waals surface area (Å²) < 4.78 is 4.98. The first kappa shape index (κ1) is 6.34. The molecular formula is C8H8N2O. The van der Waals surface area contributed by atoms with Crippen LogP contribution in [0.1, 0.15) is 12.5 Å². The fraction of sp³-hybridized carbons (Fsp3) is 0.250. The molecule has 0 atom stereocenters. The molecule has 0 spiro atoms. The summed E-state index contributed by atoms with van der Waals surface area (Å²) in [6, 6.07) is 5.88. The van der Waals surface area contributed by atoms with E-state index in [4.69, 9.17) is 4.52 Å². The van der Waals surface area contributed by atoms with E-state index in [9.17, 15) is 0 Å². The first-order valence-corrected chi connectivity index (χ1v) is 3.61. The molecule has 2 rings (SSSR count). The summed E-state index contributed by atoms with van der Waals surface area (Å²) in [4.78, 5) is 0. The molecule has 1 heterocycles. The van der Waals surface area contributed by atoms with Crippen LogP contribution in [0.5, 0.6) is 0 Å². The molecule has 0 aliphatic carbocycles. The van der Waals surface area contributed by atoms with Crippen LogP contribution in [0.4, 0.5) is 0 Å². The highest BCUT2D eigenvalue weighted by Crippen LogP contribution is 2.15. The largest absolute Gasteiger partial charge is 0.337 e. The molecule has 0 aliphatic heterocycles. The molecule has 2 aromatic rings. The summed E-state index contributed by atoms with van der Waals surface area (Å²) >= 11 is 0. The number of rotatable bonds is 1. The predicted octanol–water partition coefficient (Wildman–Crippen LogP) is 1.79. The van der Waals surface area contributed by atoms with Crippen molar-refractivity contribution in [1.29, 1.82) is 0 Å². The van der Waals surface area contributed by atoms with Crippen molar-refractivity contribution in [2.75, 3.05) is 0 Å². The lowest BCUT2D eigenvalue weighted by Crippen LogP contribution is -1.79. The maximum atomic E-state index is 4.98. The Bertz CT molecular complexity index is 367. The monoisotopic (exact) mass is 148 g/mol. The Labute approximate surface area is 64.0 Å². The van der Waals surface area contributed by atoms with Gasteiger partial charge in [0.05, 0.1) is 0 Å². The van der Waals surface area contributed by atoms with Gasteiger partial charge in [-0.3, -0.25) is 0 Å². The zero-order valence-electron chi connectivity index (χ0n) is 6.24. The Kier molecular flexibility index (Phi) is 1.35. The van der Waals surface area contributed by atoms with Gasteiger partial charge in [0.1, 0.15) is 5.52 Å². The molecule has 0 saturated heterocycles. The van der Waals surface area contributed by atoms with Gasteiger partial charge in [0.15, 0.2) is 5.58 Å². The highest BCUT2D eigenvalue weighted by molar-refractivity contribution is 5.74. The van der Waals surface area contributed by atoms with Crippen LogP contribution in [0.25, 0.3) is 11.1 Å². The second-order valence-electron chi connectivity index (χ2n) is 2.39. The topological polar surface area (TPSA) is 38.9 Å². The van der Waals surface area contributed by atoms with Crippen LogP contribution in [0.3, 0.4) is 0 Å². The van der Waals surface area contributed by atoms with Crippen molar-refractivity contribution in [2.45, 2.75) is 13.3 Å². The third-order valence-electron chi connectivity index (χ3n) is 1.74. The molecule has 3 heteroatoms. The van der Waals surface area contributed by atoms with Gasteiger partial charge in [-0.05, 0) is 18.1 Å². The fourth-order valence-electron chi connectivity index (χ4n) is 1.14. The first-order valence-electron chi connectivity index (χ1n) is 3.61. The number of hydrogen-bond donors (Lipinski definition) is 0. The van der Waals surface area contributed by atoms with Crippen LogP contribution in [0, 0.1) is 0 Å². The van der Waals surface area contributed by atoms with Crippen LogP contribution in [0.2, 0.25) is 0 Å². The van der Waals surface area contributed by atoms with E-state index in [2.05, 4.69) is 17.3 Å². The van der Waals surface area contributed by atoms with Crippen LogP contribution in [-0.2, 0) is 6.42 Å². The van der Waals surface area contributed by atoms with Crippen molar-refractivity contribution < 1.29 is 4.52 Å². The van der Waals surface area contributed by atoms with E-state index in [0.717, 1.165) is 23.1 Å². The van der Waals surface area contributed by atoms with Crippen molar-refractivity contribution in [2.24, 2.45) is 0 Å². The SMILES string of the molecule is CCc1cccc2nnoc12. The van der Waals surface area contributed by atoms with Gasteiger partial charge in [-0.25, -0.2) is 0 Å². The van der Waals surface area contributed by atoms with E-state index in [-0.39, 0.29) is 0 Å².